The van der Waals surface area contributed by atoms with Crippen LogP contribution in [-0.4, -0.2) is 60.3 Å². The van der Waals surface area contributed by atoms with Crippen molar-refractivity contribution in [3.05, 3.63) is 42.9 Å². The largest absolute Gasteiger partial charge is 0.378 e. The molecular formula is C17H22N6S. The molecule has 0 saturated carbocycles. The number of hydrogen-bond donors (Lipinski definition) is 1. The smallest absolute Gasteiger partial charge is 0.173 e. The fourth-order valence-electron chi connectivity index (χ4n) is 2.64. The van der Waals surface area contributed by atoms with E-state index >= 15 is 0 Å². The van der Waals surface area contributed by atoms with Crippen LogP contribution in [0.1, 0.15) is 0 Å². The van der Waals surface area contributed by atoms with Crippen LogP contribution in [-0.2, 0) is 0 Å². The number of anilines is 3. The monoisotopic (exact) mass is 342 g/mol. The van der Waals surface area contributed by atoms with Crippen molar-refractivity contribution < 1.29 is 0 Å². The highest BCUT2D eigenvalue weighted by molar-refractivity contribution is 7.80. The highest BCUT2D eigenvalue weighted by Gasteiger charge is 2.19. The zero-order chi connectivity index (χ0) is 16.9. The molecule has 1 aromatic carbocycles. The van der Waals surface area contributed by atoms with Gasteiger partial charge in [0, 0.05) is 64.0 Å². The molecule has 7 heteroatoms. The third kappa shape index (κ3) is 3.91. The van der Waals surface area contributed by atoms with Crippen LogP contribution < -0.4 is 15.1 Å². The molecule has 126 valence electrons. The molecule has 2 aromatic rings. The highest BCUT2D eigenvalue weighted by Crippen LogP contribution is 2.17. The van der Waals surface area contributed by atoms with Gasteiger partial charge in [0.05, 0.1) is 6.20 Å². The SMILES string of the molecule is CN(C)c1ccc(NC(=S)N2CCN(c3cnccn3)CC2)cc1. The summed E-state index contributed by atoms with van der Waals surface area (Å²) in [6.07, 6.45) is 5.23. The molecule has 1 aliphatic rings. The van der Waals surface area contributed by atoms with Crippen LogP contribution in [0, 0.1) is 0 Å². The van der Waals surface area contributed by atoms with Crippen molar-refractivity contribution in [2.75, 3.05) is 55.4 Å². The van der Waals surface area contributed by atoms with Crippen molar-refractivity contribution in [1.82, 2.24) is 14.9 Å². The molecule has 24 heavy (non-hydrogen) atoms. The van der Waals surface area contributed by atoms with Gasteiger partial charge in [-0.2, -0.15) is 0 Å². The fraction of sp³-hybridized carbons (Fsp3) is 0.353. The average Bonchev–Trinajstić information content (AvgIpc) is 2.63. The Bertz CT molecular complexity index is 665. The molecule has 2 heterocycles. The lowest BCUT2D eigenvalue weighted by Gasteiger charge is -2.36. The second-order valence-corrected chi connectivity index (χ2v) is 6.30. The third-order valence-electron chi connectivity index (χ3n) is 4.08. The third-order valence-corrected chi connectivity index (χ3v) is 4.44. The molecule has 0 atom stereocenters. The second-order valence-electron chi connectivity index (χ2n) is 5.91. The molecule has 0 bridgehead atoms. The van der Waals surface area contributed by atoms with Crippen molar-refractivity contribution in [2.45, 2.75) is 0 Å². The molecule has 1 saturated heterocycles. The fourth-order valence-corrected chi connectivity index (χ4v) is 2.94. The summed E-state index contributed by atoms with van der Waals surface area (Å²) in [5, 5.41) is 4.09. The van der Waals surface area contributed by atoms with Gasteiger partial charge in [-0.15, -0.1) is 0 Å². The first-order chi connectivity index (χ1) is 11.6. The van der Waals surface area contributed by atoms with Gasteiger partial charge in [0.15, 0.2) is 5.11 Å². The van der Waals surface area contributed by atoms with Gasteiger partial charge in [-0.1, -0.05) is 0 Å². The van der Waals surface area contributed by atoms with Gasteiger partial charge in [-0.05, 0) is 36.5 Å². The van der Waals surface area contributed by atoms with Crippen LogP contribution >= 0.6 is 12.2 Å². The Hall–Kier alpha value is -2.41. The standard InChI is InChI=1S/C17H22N6S/c1-21(2)15-5-3-14(4-6-15)20-17(24)23-11-9-22(10-12-23)16-13-18-7-8-19-16/h3-8,13H,9-12H2,1-2H3,(H,20,24). The minimum Gasteiger partial charge on any atom is -0.378 e. The van der Waals surface area contributed by atoms with Crippen LogP contribution in [0.5, 0.6) is 0 Å². The van der Waals surface area contributed by atoms with Crippen LogP contribution in [0.15, 0.2) is 42.9 Å². The Labute approximate surface area is 148 Å². The summed E-state index contributed by atoms with van der Waals surface area (Å²) in [5.74, 6) is 0.926. The lowest BCUT2D eigenvalue weighted by atomic mass is 10.2. The average molecular weight is 342 g/mol. The molecule has 1 fully saturated rings. The van der Waals surface area contributed by atoms with Gasteiger partial charge >= 0.3 is 0 Å². The predicted molar refractivity (Wildman–Crippen MR) is 103 cm³/mol. The zero-order valence-corrected chi connectivity index (χ0v) is 14.8. The quantitative estimate of drug-likeness (QED) is 0.857. The number of thiocarbonyl (C=S) groups is 1. The molecule has 0 spiro atoms. The van der Waals surface area contributed by atoms with E-state index < -0.39 is 0 Å². The maximum atomic E-state index is 5.55. The van der Waals surface area contributed by atoms with E-state index in [0.717, 1.165) is 42.8 Å². The molecule has 6 nitrogen and oxygen atoms in total. The number of hydrogen-bond acceptors (Lipinski definition) is 5. The lowest BCUT2D eigenvalue weighted by molar-refractivity contribution is 0.389. The van der Waals surface area contributed by atoms with E-state index in [1.165, 1.54) is 5.69 Å². The number of aromatic nitrogens is 2. The molecule has 3 rings (SSSR count). The topological polar surface area (TPSA) is 47.5 Å². The molecule has 0 amide bonds. The van der Waals surface area contributed by atoms with Crippen LogP contribution in [0.4, 0.5) is 17.2 Å². The predicted octanol–water partition coefficient (Wildman–Crippen LogP) is 2.06. The Kier molecular flexibility index (Phi) is 5.10. The van der Waals surface area contributed by atoms with Crippen LogP contribution in [0.2, 0.25) is 0 Å². The molecule has 0 radical (unpaired) electrons. The molecule has 1 aliphatic heterocycles. The van der Waals surface area contributed by atoms with Crippen molar-refractivity contribution in [3.8, 4) is 0 Å². The summed E-state index contributed by atoms with van der Waals surface area (Å²) in [7, 11) is 4.06. The number of rotatable bonds is 3. The minimum absolute atomic E-state index is 0.770. The van der Waals surface area contributed by atoms with E-state index in [2.05, 4.69) is 54.2 Å². The zero-order valence-electron chi connectivity index (χ0n) is 14.0. The summed E-state index contributed by atoms with van der Waals surface area (Å²) in [5.41, 5.74) is 2.19. The van der Waals surface area contributed by atoms with Gasteiger partial charge in [-0.3, -0.25) is 4.98 Å². The molecule has 0 aliphatic carbocycles. The second kappa shape index (κ2) is 7.44. The van der Waals surface area contributed by atoms with Gasteiger partial charge in [0.25, 0.3) is 0 Å². The summed E-state index contributed by atoms with van der Waals surface area (Å²) in [4.78, 5) is 15.0. The first-order valence-electron chi connectivity index (χ1n) is 7.98. The lowest BCUT2D eigenvalue weighted by Crippen LogP contribution is -2.50. The normalized spacial score (nSPS) is 14.4. The van der Waals surface area contributed by atoms with Gasteiger partial charge in [0.1, 0.15) is 5.82 Å². The first kappa shape index (κ1) is 16.4. The maximum absolute atomic E-state index is 5.55. The van der Waals surface area contributed by atoms with E-state index in [9.17, 15) is 0 Å². The van der Waals surface area contributed by atoms with Gasteiger partial charge in [0.2, 0.25) is 0 Å². The van der Waals surface area contributed by atoms with Gasteiger partial charge in [-0.25, -0.2) is 4.98 Å². The van der Waals surface area contributed by atoms with E-state index in [1.54, 1.807) is 18.6 Å². The number of nitrogens with one attached hydrogen (secondary N) is 1. The summed E-state index contributed by atoms with van der Waals surface area (Å²) < 4.78 is 0. The molecule has 0 unspecified atom stereocenters. The maximum Gasteiger partial charge on any atom is 0.173 e. The van der Waals surface area contributed by atoms with Crippen molar-refractivity contribution in [3.63, 3.8) is 0 Å². The number of benzene rings is 1. The Morgan fingerprint density at radius 2 is 1.79 bits per heavy atom. The van der Waals surface area contributed by atoms with E-state index in [0.29, 0.717) is 0 Å². The summed E-state index contributed by atoms with van der Waals surface area (Å²) in [6.45, 7) is 3.52. The van der Waals surface area contributed by atoms with Gasteiger partial charge < -0.3 is 20.0 Å². The number of nitrogens with zero attached hydrogens (tertiary/aromatic N) is 5. The summed E-state index contributed by atoms with van der Waals surface area (Å²) >= 11 is 5.55. The summed E-state index contributed by atoms with van der Waals surface area (Å²) in [6, 6.07) is 8.27. The molecule has 1 aromatic heterocycles. The van der Waals surface area contributed by atoms with Crippen LogP contribution in [0.25, 0.3) is 0 Å². The van der Waals surface area contributed by atoms with E-state index in [-0.39, 0.29) is 0 Å². The van der Waals surface area contributed by atoms with Crippen molar-refractivity contribution >= 4 is 34.5 Å². The molecule has 1 N–H and O–H groups in total. The highest BCUT2D eigenvalue weighted by atomic mass is 32.1. The first-order valence-corrected chi connectivity index (χ1v) is 8.38. The van der Waals surface area contributed by atoms with Crippen molar-refractivity contribution in [1.29, 1.82) is 0 Å². The molecular weight excluding hydrogens is 320 g/mol. The Morgan fingerprint density at radius 1 is 1.08 bits per heavy atom. The minimum atomic E-state index is 0.770. The van der Waals surface area contributed by atoms with E-state index in [4.69, 9.17) is 12.2 Å². The number of piperazine rings is 1. The Balaban J connectivity index is 1.53. The van der Waals surface area contributed by atoms with Crippen LogP contribution in [0.3, 0.4) is 0 Å². The van der Waals surface area contributed by atoms with E-state index in [1.807, 2.05) is 14.1 Å². The Morgan fingerprint density at radius 3 is 2.38 bits per heavy atom. The van der Waals surface area contributed by atoms with Crippen molar-refractivity contribution in [2.24, 2.45) is 0 Å².